The molecule has 3 N–H and O–H groups in total. The fourth-order valence-corrected chi connectivity index (χ4v) is 6.17. The van der Waals surface area contributed by atoms with Crippen molar-refractivity contribution in [1.29, 1.82) is 0 Å². The number of likely N-dealkylation sites (tertiary alicyclic amines) is 1. The van der Waals surface area contributed by atoms with Gasteiger partial charge in [0.05, 0.1) is 30.6 Å². The van der Waals surface area contributed by atoms with Gasteiger partial charge in [-0.3, -0.25) is 4.79 Å². The quantitative estimate of drug-likeness (QED) is 0.291. The molecule has 2 aromatic carbocycles. The molecule has 224 valence electrons. The number of anilines is 2. The van der Waals surface area contributed by atoms with E-state index in [-0.39, 0.29) is 12.5 Å². The Hall–Kier alpha value is -3.84. The molecule has 3 aromatic rings. The summed E-state index contributed by atoms with van der Waals surface area (Å²) in [5, 5.41) is 10.1. The predicted octanol–water partition coefficient (Wildman–Crippen LogP) is 5.85. The zero-order valence-corrected chi connectivity index (χ0v) is 24.1. The van der Waals surface area contributed by atoms with Crippen LogP contribution in [0.25, 0.3) is 10.9 Å². The highest BCUT2D eigenvalue weighted by molar-refractivity contribution is 5.95. The summed E-state index contributed by atoms with van der Waals surface area (Å²) in [5.74, 6) is 6.14. The molecule has 2 fully saturated rings. The van der Waals surface area contributed by atoms with Crippen LogP contribution in [0.15, 0.2) is 42.5 Å². The summed E-state index contributed by atoms with van der Waals surface area (Å²) in [5.41, 5.74) is 2.73. The molecule has 7 nitrogen and oxygen atoms in total. The average molecular weight is 582 g/mol. The minimum Gasteiger partial charge on any atom is -0.495 e. The summed E-state index contributed by atoms with van der Waals surface area (Å²) in [4.78, 5) is 14.5. The first-order valence-electron chi connectivity index (χ1n) is 14.6. The molecule has 1 amide bonds. The first-order valence-corrected chi connectivity index (χ1v) is 14.6. The number of amides is 1. The molecule has 1 aromatic heterocycles. The Labute approximate surface area is 244 Å². The van der Waals surface area contributed by atoms with Gasteiger partial charge >= 0.3 is 6.18 Å². The number of hydrogen-bond donors (Lipinski definition) is 3. The second-order valence-electron chi connectivity index (χ2n) is 11.0. The summed E-state index contributed by atoms with van der Waals surface area (Å²) in [6, 6.07) is 13.2. The molecule has 1 saturated carbocycles. The van der Waals surface area contributed by atoms with Crippen molar-refractivity contribution < 1.29 is 22.7 Å². The summed E-state index contributed by atoms with van der Waals surface area (Å²) in [6.45, 7) is 1.46. The van der Waals surface area contributed by atoms with Gasteiger partial charge in [0.2, 0.25) is 0 Å². The number of carbonyl (C=O) groups is 1. The molecule has 42 heavy (non-hydrogen) atoms. The maximum Gasteiger partial charge on any atom is 0.406 e. The standard InChI is InChI=1S/C32H38F3N5O2/c1-36-31(41)22-10-15-28(30(19-22)42-2)37-16-6-7-25-20-26-27(8-5-9-29(26)40(25)21-32(33,34)35)38-23-11-13-24(14-12-23)39-17-3-4-18-39/h5,8-10,15,19-20,23-24,37-38H,3-4,11-14,16-18,21H2,1-2H3,(H,36,41). The minimum atomic E-state index is -4.39. The van der Waals surface area contributed by atoms with E-state index in [9.17, 15) is 18.0 Å². The monoisotopic (exact) mass is 581 g/mol. The normalized spacial score (nSPS) is 19.3. The van der Waals surface area contributed by atoms with Gasteiger partial charge in [-0.2, -0.15) is 13.2 Å². The number of benzene rings is 2. The molecule has 0 unspecified atom stereocenters. The maximum absolute atomic E-state index is 13.6. The number of alkyl halides is 3. The number of nitrogens with zero attached hydrogens (tertiary/aromatic N) is 2. The Morgan fingerprint density at radius 1 is 1.05 bits per heavy atom. The van der Waals surface area contributed by atoms with Crippen LogP contribution in [0.5, 0.6) is 5.75 Å². The van der Waals surface area contributed by atoms with E-state index in [1.807, 2.05) is 6.07 Å². The first kappa shape index (κ1) is 29.6. The lowest BCUT2D eigenvalue weighted by Crippen LogP contribution is -2.38. The number of methoxy groups -OCH3 is 1. The number of halogens is 3. The van der Waals surface area contributed by atoms with E-state index in [0.717, 1.165) is 36.8 Å². The zero-order chi connectivity index (χ0) is 29.7. The van der Waals surface area contributed by atoms with Crippen LogP contribution in [0.3, 0.4) is 0 Å². The largest absolute Gasteiger partial charge is 0.495 e. The molecular formula is C32H38F3N5O2. The Morgan fingerprint density at radius 3 is 2.50 bits per heavy atom. The molecule has 2 aliphatic rings. The fraction of sp³-hybridized carbons (Fsp3) is 0.469. The van der Waals surface area contributed by atoms with Gasteiger partial charge in [0, 0.05) is 35.8 Å². The number of aromatic nitrogens is 1. The van der Waals surface area contributed by atoms with Crippen LogP contribution in [-0.2, 0) is 6.54 Å². The molecule has 1 saturated heterocycles. The topological polar surface area (TPSA) is 70.6 Å². The van der Waals surface area contributed by atoms with Crippen molar-refractivity contribution in [2.45, 2.75) is 63.3 Å². The second kappa shape index (κ2) is 13.0. The van der Waals surface area contributed by atoms with Crippen molar-refractivity contribution in [2.75, 3.05) is 44.4 Å². The molecule has 2 heterocycles. The lowest BCUT2D eigenvalue weighted by atomic mass is 9.90. The number of ether oxygens (including phenoxy) is 1. The van der Waals surface area contributed by atoms with E-state index in [1.165, 1.54) is 37.6 Å². The third kappa shape index (κ3) is 6.96. The van der Waals surface area contributed by atoms with Crippen LogP contribution in [0, 0.1) is 11.8 Å². The zero-order valence-electron chi connectivity index (χ0n) is 24.1. The molecule has 0 radical (unpaired) electrons. The van der Waals surface area contributed by atoms with Crippen LogP contribution >= 0.6 is 0 Å². The van der Waals surface area contributed by atoms with Gasteiger partial charge < -0.3 is 30.2 Å². The number of rotatable bonds is 8. The Kier molecular flexibility index (Phi) is 9.17. The highest BCUT2D eigenvalue weighted by Crippen LogP contribution is 2.33. The van der Waals surface area contributed by atoms with Gasteiger partial charge in [0.1, 0.15) is 12.3 Å². The van der Waals surface area contributed by atoms with Crippen LogP contribution in [0.4, 0.5) is 24.5 Å². The molecule has 1 aliphatic heterocycles. The lowest BCUT2D eigenvalue weighted by molar-refractivity contribution is -0.140. The number of hydrogen-bond acceptors (Lipinski definition) is 5. The average Bonchev–Trinajstić information content (AvgIpc) is 3.64. The van der Waals surface area contributed by atoms with Gasteiger partial charge in [-0.1, -0.05) is 12.0 Å². The van der Waals surface area contributed by atoms with Crippen LogP contribution in [-0.4, -0.2) is 67.4 Å². The molecule has 0 spiro atoms. The molecule has 10 heteroatoms. The first-order chi connectivity index (χ1) is 20.3. The van der Waals surface area contributed by atoms with E-state index in [0.29, 0.717) is 40.3 Å². The number of carbonyl (C=O) groups excluding carboxylic acids is 1. The van der Waals surface area contributed by atoms with Crippen molar-refractivity contribution >= 4 is 28.2 Å². The second-order valence-corrected chi connectivity index (χ2v) is 11.0. The van der Waals surface area contributed by atoms with Crippen molar-refractivity contribution in [3.05, 3.63) is 53.7 Å². The highest BCUT2D eigenvalue weighted by Gasteiger charge is 2.31. The van der Waals surface area contributed by atoms with Crippen molar-refractivity contribution in [3.63, 3.8) is 0 Å². The third-order valence-corrected chi connectivity index (χ3v) is 8.27. The van der Waals surface area contributed by atoms with Crippen molar-refractivity contribution in [2.24, 2.45) is 0 Å². The van der Waals surface area contributed by atoms with Crippen molar-refractivity contribution in [1.82, 2.24) is 14.8 Å². The molecular weight excluding hydrogens is 543 g/mol. The van der Waals surface area contributed by atoms with E-state index >= 15 is 0 Å². The Balaban J connectivity index is 1.33. The van der Waals surface area contributed by atoms with E-state index in [1.54, 1.807) is 43.4 Å². The maximum atomic E-state index is 13.6. The third-order valence-electron chi connectivity index (χ3n) is 8.27. The number of nitrogens with one attached hydrogen (secondary N) is 3. The minimum absolute atomic E-state index is 0.175. The van der Waals surface area contributed by atoms with Crippen molar-refractivity contribution in [3.8, 4) is 17.6 Å². The van der Waals surface area contributed by atoms with E-state index in [2.05, 4.69) is 32.7 Å². The molecule has 0 bridgehead atoms. The molecule has 1 aliphatic carbocycles. The van der Waals surface area contributed by atoms with Gasteiger partial charge in [-0.15, -0.1) is 0 Å². The molecule has 0 atom stereocenters. The number of fused-ring (bicyclic) bond motifs is 1. The summed E-state index contributed by atoms with van der Waals surface area (Å²) in [6.07, 6.45) is 2.57. The Morgan fingerprint density at radius 2 is 1.81 bits per heavy atom. The van der Waals surface area contributed by atoms with Gasteiger partial charge in [-0.25, -0.2) is 0 Å². The van der Waals surface area contributed by atoms with Crippen LogP contribution < -0.4 is 20.7 Å². The van der Waals surface area contributed by atoms with Gasteiger partial charge in [-0.05, 0) is 93.9 Å². The van der Waals surface area contributed by atoms with Gasteiger partial charge in [0.25, 0.3) is 5.91 Å². The smallest absolute Gasteiger partial charge is 0.406 e. The summed E-state index contributed by atoms with van der Waals surface area (Å²) >= 11 is 0. The van der Waals surface area contributed by atoms with Crippen LogP contribution in [0.2, 0.25) is 0 Å². The van der Waals surface area contributed by atoms with E-state index < -0.39 is 12.7 Å². The molecule has 5 rings (SSSR count). The van der Waals surface area contributed by atoms with Gasteiger partial charge in [0.15, 0.2) is 0 Å². The predicted molar refractivity (Wildman–Crippen MR) is 160 cm³/mol. The SMILES string of the molecule is CNC(=O)c1ccc(NCC#Cc2cc3c(NC4CCC(N5CCCC5)CC4)cccc3n2CC(F)(F)F)c(OC)c1. The highest BCUT2D eigenvalue weighted by atomic mass is 19.4. The summed E-state index contributed by atoms with van der Waals surface area (Å²) < 4.78 is 47.5. The summed E-state index contributed by atoms with van der Waals surface area (Å²) in [7, 11) is 3.05. The fourth-order valence-electron chi connectivity index (χ4n) is 6.17. The lowest BCUT2D eigenvalue weighted by Gasteiger charge is -2.35. The van der Waals surface area contributed by atoms with E-state index in [4.69, 9.17) is 4.74 Å². The Bertz CT molecular complexity index is 1460. The van der Waals surface area contributed by atoms with Crippen LogP contribution in [0.1, 0.15) is 54.6 Å².